The number of rotatable bonds is 5. The number of hydrogen-bond acceptors (Lipinski definition) is 3. The van der Waals surface area contributed by atoms with Crippen LogP contribution in [0.15, 0.2) is 41.3 Å². The van der Waals surface area contributed by atoms with Crippen LogP contribution in [-0.4, -0.2) is 31.9 Å². The van der Waals surface area contributed by atoms with Gasteiger partial charge in [-0.3, -0.25) is 0 Å². The minimum absolute atomic E-state index is 0.163. The molecule has 6 heteroatoms. The van der Waals surface area contributed by atoms with Gasteiger partial charge in [-0.05, 0) is 49.6 Å². The number of nitrogens with zero attached hydrogens (tertiary/aromatic N) is 1. The molecule has 1 aliphatic heterocycles. The molecule has 4 nitrogen and oxygen atoms in total. The van der Waals surface area contributed by atoms with Crippen LogP contribution in [0.25, 0.3) is 0 Å². The van der Waals surface area contributed by atoms with Crippen LogP contribution in [-0.2, 0) is 21.4 Å². The van der Waals surface area contributed by atoms with Crippen molar-refractivity contribution in [1.29, 1.82) is 0 Å². The minimum Gasteiger partial charge on any atom is -0.371 e. The number of ether oxygens (including phenoxy) is 1. The lowest BCUT2D eigenvalue weighted by atomic mass is 10.1. The maximum Gasteiger partial charge on any atom is 0.243 e. The molecule has 2 aromatic rings. The Bertz CT molecular complexity index is 866. The van der Waals surface area contributed by atoms with Crippen LogP contribution in [0.4, 0.5) is 4.39 Å². The second-order valence-corrected chi connectivity index (χ2v) is 8.49. The highest BCUT2D eigenvalue weighted by Gasteiger charge is 2.38. The van der Waals surface area contributed by atoms with E-state index < -0.39 is 10.0 Å². The Hall–Kier alpha value is -1.76. The van der Waals surface area contributed by atoms with Crippen molar-refractivity contribution in [3.8, 4) is 0 Å². The molecule has 0 spiro atoms. The lowest BCUT2D eigenvalue weighted by molar-refractivity contribution is -0.0296. The van der Waals surface area contributed by atoms with Crippen molar-refractivity contribution >= 4 is 10.0 Å². The molecule has 0 unspecified atom stereocenters. The van der Waals surface area contributed by atoms with Gasteiger partial charge in [-0.2, -0.15) is 4.31 Å². The first kappa shape index (κ1) is 18.0. The molecule has 1 aliphatic rings. The van der Waals surface area contributed by atoms with E-state index in [2.05, 4.69) is 0 Å². The molecule has 0 saturated carbocycles. The summed E-state index contributed by atoms with van der Waals surface area (Å²) in [6.45, 7) is 6.53. The summed E-state index contributed by atoms with van der Waals surface area (Å²) in [6, 6.07) is 10.00. The van der Waals surface area contributed by atoms with E-state index in [1.54, 1.807) is 12.1 Å². The summed E-state index contributed by atoms with van der Waals surface area (Å²) >= 11 is 0. The second-order valence-electron chi connectivity index (χ2n) is 6.61. The molecule has 2 aromatic carbocycles. The third-order valence-corrected chi connectivity index (χ3v) is 6.53. The van der Waals surface area contributed by atoms with Gasteiger partial charge in [0, 0.05) is 13.1 Å². The van der Waals surface area contributed by atoms with Crippen molar-refractivity contribution in [3.05, 3.63) is 64.5 Å². The quantitative estimate of drug-likeness (QED) is 0.819. The third-order valence-electron chi connectivity index (χ3n) is 4.39. The number of halogens is 1. The Balaban J connectivity index is 1.64. The van der Waals surface area contributed by atoms with Crippen molar-refractivity contribution in [2.75, 3.05) is 13.1 Å². The highest BCUT2D eigenvalue weighted by molar-refractivity contribution is 7.89. The molecule has 25 heavy (non-hydrogen) atoms. The Kier molecular flexibility index (Phi) is 4.95. The van der Waals surface area contributed by atoms with E-state index in [9.17, 15) is 12.8 Å². The summed E-state index contributed by atoms with van der Waals surface area (Å²) in [6.07, 6.45) is -0.163. The maximum atomic E-state index is 13.2. The summed E-state index contributed by atoms with van der Waals surface area (Å²) in [7, 11) is -3.51. The van der Waals surface area contributed by atoms with Crippen LogP contribution >= 0.6 is 0 Å². The smallest absolute Gasteiger partial charge is 0.243 e. The summed E-state index contributed by atoms with van der Waals surface area (Å²) in [5.74, 6) is -0.302. The normalized spacial score (nSPS) is 16.0. The number of hydrogen-bond donors (Lipinski definition) is 0. The zero-order valence-electron chi connectivity index (χ0n) is 14.6. The van der Waals surface area contributed by atoms with Gasteiger partial charge in [-0.15, -0.1) is 0 Å². The summed E-state index contributed by atoms with van der Waals surface area (Å²) in [5.41, 5.74) is 3.32. The molecule has 0 aromatic heterocycles. The fourth-order valence-electron chi connectivity index (χ4n) is 3.25. The molecule has 134 valence electrons. The van der Waals surface area contributed by atoms with E-state index in [1.807, 2.05) is 32.9 Å². The highest BCUT2D eigenvalue weighted by Crippen LogP contribution is 2.29. The monoisotopic (exact) mass is 363 g/mol. The molecule has 1 fully saturated rings. The minimum atomic E-state index is -3.51. The van der Waals surface area contributed by atoms with Gasteiger partial charge >= 0.3 is 0 Å². The van der Waals surface area contributed by atoms with Crippen LogP contribution < -0.4 is 0 Å². The lowest BCUT2D eigenvalue weighted by Crippen LogP contribution is -2.54. The summed E-state index contributed by atoms with van der Waals surface area (Å²) < 4.78 is 46.0. The molecule has 0 amide bonds. The van der Waals surface area contributed by atoms with E-state index >= 15 is 0 Å². The summed E-state index contributed by atoms with van der Waals surface area (Å²) in [5, 5.41) is 0. The topological polar surface area (TPSA) is 46.6 Å². The first-order valence-electron chi connectivity index (χ1n) is 8.21. The van der Waals surface area contributed by atoms with Gasteiger partial charge in [0.2, 0.25) is 10.0 Å². The Morgan fingerprint density at radius 1 is 1.12 bits per heavy atom. The van der Waals surface area contributed by atoms with Crippen LogP contribution in [0.1, 0.15) is 22.3 Å². The highest BCUT2D eigenvalue weighted by atomic mass is 32.2. The van der Waals surface area contributed by atoms with Gasteiger partial charge in [-0.25, -0.2) is 12.8 Å². The molecule has 0 radical (unpaired) electrons. The summed E-state index contributed by atoms with van der Waals surface area (Å²) in [4.78, 5) is 0.390. The van der Waals surface area contributed by atoms with Crippen molar-refractivity contribution in [3.63, 3.8) is 0 Å². The van der Waals surface area contributed by atoms with Crippen molar-refractivity contribution < 1.29 is 17.5 Å². The molecular formula is C19H22FNO3S. The third kappa shape index (κ3) is 3.76. The average Bonchev–Trinajstić information content (AvgIpc) is 2.43. The maximum absolute atomic E-state index is 13.2. The predicted molar refractivity (Wildman–Crippen MR) is 94.4 cm³/mol. The van der Waals surface area contributed by atoms with Gasteiger partial charge in [-0.1, -0.05) is 29.8 Å². The second kappa shape index (κ2) is 6.86. The zero-order valence-corrected chi connectivity index (χ0v) is 15.4. The zero-order chi connectivity index (χ0) is 18.2. The lowest BCUT2D eigenvalue weighted by Gasteiger charge is -2.38. The van der Waals surface area contributed by atoms with E-state index in [1.165, 1.54) is 16.4 Å². The Labute approximate surface area is 148 Å². The van der Waals surface area contributed by atoms with Gasteiger partial charge < -0.3 is 4.74 Å². The Morgan fingerprint density at radius 3 is 2.36 bits per heavy atom. The van der Waals surface area contributed by atoms with E-state index in [0.717, 1.165) is 22.3 Å². The predicted octanol–water partition coefficient (Wildman–Crippen LogP) is 3.34. The van der Waals surface area contributed by atoms with Gasteiger partial charge in [0.1, 0.15) is 5.82 Å². The molecule has 0 aliphatic carbocycles. The van der Waals surface area contributed by atoms with Gasteiger partial charge in [0.25, 0.3) is 0 Å². The fourth-order valence-corrected chi connectivity index (χ4v) is 5.16. The van der Waals surface area contributed by atoms with Crippen LogP contribution in [0.5, 0.6) is 0 Å². The average molecular weight is 363 g/mol. The van der Waals surface area contributed by atoms with Crippen molar-refractivity contribution in [2.24, 2.45) is 0 Å². The van der Waals surface area contributed by atoms with E-state index in [4.69, 9.17) is 4.74 Å². The molecule has 0 bridgehead atoms. The van der Waals surface area contributed by atoms with Crippen molar-refractivity contribution in [1.82, 2.24) is 4.31 Å². The molecular weight excluding hydrogens is 341 g/mol. The number of benzene rings is 2. The van der Waals surface area contributed by atoms with E-state index in [-0.39, 0.29) is 18.5 Å². The van der Waals surface area contributed by atoms with Crippen LogP contribution in [0, 0.1) is 26.6 Å². The Morgan fingerprint density at radius 2 is 1.76 bits per heavy atom. The molecule has 0 N–H and O–H groups in total. The molecule has 1 saturated heterocycles. The standard InChI is InChI=1S/C19H22FNO3S/c1-13-7-14(2)19(15(3)8-13)25(22,23)21-10-18(11-21)24-12-16-5-4-6-17(20)9-16/h4-9,18H,10-12H2,1-3H3. The van der Waals surface area contributed by atoms with E-state index in [0.29, 0.717) is 18.0 Å². The SMILES string of the molecule is Cc1cc(C)c(S(=O)(=O)N2CC(OCc3cccc(F)c3)C2)c(C)c1. The van der Waals surface area contributed by atoms with Crippen LogP contribution in [0.2, 0.25) is 0 Å². The number of sulfonamides is 1. The molecule has 3 rings (SSSR count). The van der Waals surface area contributed by atoms with Gasteiger partial charge in [0.05, 0.1) is 17.6 Å². The first-order chi connectivity index (χ1) is 11.8. The number of aryl methyl sites for hydroxylation is 3. The molecule has 1 heterocycles. The van der Waals surface area contributed by atoms with Crippen molar-refractivity contribution in [2.45, 2.75) is 38.4 Å². The van der Waals surface area contributed by atoms with Crippen LogP contribution in [0.3, 0.4) is 0 Å². The van der Waals surface area contributed by atoms with Gasteiger partial charge in [0.15, 0.2) is 0 Å². The molecule has 0 atom stereocenters. The largest absolute Gasteiger partial charge is 0.371 e. The first-order valence-corrected chi connectivity index (χ1v) is 9.65. The fraction of sp³-hybridized carbons (Fsp3) is 0.368.